The summed E-state index contributed by atoms with van der Waals surface area (Å²) in [5.74, 6) is -2.28. The van der Waals surface area contributed by atoms with E-state index in [1.807, 2.05) is 0 Å². The highest BCUT2D eigenvalue weighted by Gasteiger charge is 2.41. The first-order valence-electron chi connectivity index (χ1n) is 5.96. The van der Waals surface area contributed by atoms with Gasteiger partial charge in [0.2, 0.25) is 10.0 Å². The molecule has 2 atom stereocenters. The van der Waals surface area contributed by atoms with E-state index in [2.05, 4.69) is 0 Å². The maximum absolute atomic E-state index is 13.6. The first kappa shape index (κ1) is 14.4. The van der Waals surface area contributed by atoms with Crippen LogP contribution in [-0.4, -0.2) is 37.0 Å². The van der Waals surface area contributed by atoms with Crippen LogP contribution >= 0.6 is 0 Å². The third-order valence-corrected chi connectivity index (χ3v) is 5.48. The van der Waals surface area contributed by atoms with E-state index in [1.165, 1.54) is 0 Å². The monoisotopic (exact) mass is 291 g/mol. The number of sulfonamides is 1. The average molecular weight is 291 g/mol. The summed E-state index contributed by atoms with van der Waals surface area (Å²) in [7, 11) is -4.27. The van der Waals surface area contributed by atoms with Crippen LogP contribution in [0.4, 0.5) is 8.78 Å². The zero-order valence-electron chi connectivity index (χ0n) is 10.4. The lowest BCUT2D eigenvalue weighted by atomic mass is 10.0. The Balaban J connectivity index is 2.49. The summed E-state index contributed by atoms with van der Waals surface area (Å²) in [6.45, 7) is 1.59. The molecule has 1 saturated heterocycles. The lowest BCUT2D eigenvalue weighted by Gasteiger charge is -2.24. The van der Waals surface area contributed by atoms with Crippen LogP contribution in [0.25, 0.3) is 0 Å². The fourth-order valence-electron chi connectivity index (χ4n) is 2.39. The molecule has 0 amide bonds. The van der Waals surface area contributed by atoms with E-state index in [-0.39, 0.29) is 19.1 Å². The second kappa shape index (κ2) is 5.15. The van der Waals surface area contributed by atoms with E-state index in [0.717, 1.165) is 22.5 Å². The number of rotatable bonds is 3. The highest BCUT2D eigenvalue weighted by molar-refractivity contribution is 7.89. The van der Waals surface area contributed by atoms with Gasteiger partial charge < -0.3 is 5.11 Å². The minimum absolute atomic E-state index is 0.0467. The summed E-state index contributed by atoms with van der Waals surface area (Å²) < 4.78 is 52.9. The van der Waals surface area contributed by atoms with Crippen molar-refractivity contribution in [1.29, 1.82) is 0 Å². The molecule has 1 aliphatic rings. The molecule has 0 aliphatic carbocycles. The Bertz CT molecular complexity index is 556. The van der Waals surface area contributed by atoms with Crippen molar-refractivity contribution < 1.29 is 22.3 Å². The van der Waals surface area contributed by atoms with Gasteiger partial charge in [-0.05, 0) is 24.5 Å². The lowest BCUT2D eigenvalue weighted by Crippen LogP contribution is -2.40. The fourth-order valence-corrected chi connectivity index (χ4v) is 4.23. The average Bonchev–Trinajstić information content (AvgIpc) is 2.70. The van der Waals surface area contributed by atoms with Crippen molar-refractivity contribution in [1.82, 2.24) is 4.31 Å². The van der Waals surface area contributed by atoms with E-state index < -0.39 is 32.6 Å². The van der Waals surface area contributed by atoms with Crippen LogP contribution in [0.15, 0.2) is 23.1 Å². The number of aliphatic hydroxyl groups excluding tert-OH is 1. The van der Waals surface area contributed by atoms with E-state index in [9.17, 15) is 22.3 Å². The molecule has 19 heavy (non-hydrogen) atoms. The highest BCUT2D eigenvalue weighted by atomic mass is 32.2. The van der Waals surface area contributed by atoms with E-state index in [0.29, 0.717) is 6.42 Å². The largest absolute Gasteiger partial charge is 0.395 e. The summed E-state index contributed by atoms with van der Waals surface area (Å²) in [6.07, 6.45) is 0.556. The number of benzene rings is 1. The first-order valence-corrected chi connectivity index (χ1v) is 7.40. The van der Waals surface area contributed by atoms with Gasteiger partial charge in [-0.3, -0.25) is 0 Å². The minimum Gasteiger partial charge on any atom is -0.395 e. The maximum atomic E-state index is 13.6. The molecular formula is C12H15F2NO3S. The minimum atomic E-state index is -4.27. The Morgan fingerprint density at radius 2 is 1.95 bits per heavy atom. The number of nitrogens with zero attached hydrogens (tertiary/aromatic N) is 1. The van der Waals surface area contributed by atoms with Gasteiger partial charge in [-0.2, -0.15) is 4.31 Å². The number of hydrogen-bond acceptors (Lipinski definition) is 3. The third-order valence-electron chi connectivity index (χ3n) is 3.50. The molecule has 0 saturated carbocycles. The fraction of sp³-hybridized carbons (Fsp3) is 0.500. The van der Waals surface area contributed by atoms with Crippen molar-refractivity contribution in [3.8, 4) is 0 Å². The van der Waals surface area contributed by atoms with Crippen LogP contribution < -0.4 is 0 Å². The normalized spacial score (nSPS) is 24.8. The lowest BCUT2D eigenvalue weighted by molar-refractivity contribution is 0.190. The van der Waals surface area contributed by atoms with E-state index >= 15 is 0 Å². The number of halogens is 2. The molecule has 1 aromatic rings. The molecule has 106 valence electrons. The van der Waals surface area contributed by atoms with Crippen LogP contribution in [-0.2, 0) is 10.0 Å². The molecule has 1 heterocycles. The molecular weight excluding hydrogens is 276 g/mol. The van der Waals surface area contributed by atoms with Gasteiger partial charge in [0.25, 0.3) is 0 Å². The van der Waals surface area contributed by atoms with Crippen LogP contribution in [0.2, 0.25) is 0 Å². The van der Waals surface area contributed by atoms with Gasteiger partial charge in [-0.15, -0.1) is 0 Å². The Morgan fingerprint density at radius 1 is 1.37 bits per heavy atom. The zero-order chi connectivity index (χ0) is 14.2. The topological polar surface area (TPSA) is 57.6 Å². The Labute approximate surface area is 110 Å². The highest BCUT2D eigenvalue weighted by Crippen LogP contribution is 2.31. The van der Waals surface area contributed by atoms with Crippen LogP contribution in [0.5, 0.6) is 0 Å². The summed E-state index contributed by atoms with van der Waals surface area (Å²) in [5, 5.41) is 9.26. The van der Waals surface area contributed by atoms with Gasteiger partial charge >= 0.3 is 0 Å². The number of hydrogen-bond donors (Lipinski definition) is 1. The molecule has 1 aliphatic heterocycles. The molecule has 4 nitrogen and oxygen atoms in total. The second-order valence-corrected chi connectivity index (χ2v) is 6.51. The second-order valence-electron chi connectivity index (χ2n) is 4.68. The van der Waals surface area contributed by atoms with Crippen molar-refractivity contribution in [3.05, 3.63) is 29.8 Å². The summed E-state index contributed by atoms with van der Waals surface area (Å²) in [5.41, 5.74) is 0. The quantitative estimate of drug-likeness (QED) is 0.914. The summed E-state index contributed by atoms with van der Waals surface area (Å²) >= 11 is 0. The third kappa shape index (κ3) is 2.37. The summed E-state index contributed by atoms with van der Waals surface area (Å²) in [6, 6.07) is 2.29. The van der Waals surface area contributed by atoms with Crippen molar-refractivity contribution in [2.24, 2.45) is 5.92 Å². The van der Waals surface area contributed by atoms with E-state index in [1.54, 1.807) is 6.92 Å². The first-order chi connectivity index (χ1) is 8.89. The maximum Gasteiger partial charge on any atom is 0.249 e. The van der Waals surface area contributed by atoms with Gasteiger partial charge in [0.05, 0.1) is 12.6 Å². The SMILES string of the molecule is CC1CCN(S(=O)(=O)c2c(F)cccc2F)C1CO. The molecule has 2 rings (SSSR count). The van der Waals surface area contributed by atoms with Gasteiger partial charge in [-0.25, -0.2) is 17.2 Å². The predicted molar refractivity (Wildman–Crippen MR) is 64.9 cm³/mol. The molecule has 2 unspecified atom stereocenters. The molecule has 1 N–H and O–H groups in total. The molecule has 0 spiro atoms. The standard InChI is InChI=1S/C12H15F2NO3S/c1-8-5-6-15(11(8)7-16)19(17,18)12-9(13)3-2-4-10(12)14/h2-4,8,11,16H,5-7H2,1H3. The smallest absolute Gasteiger partial charge is 0.249 e. The molecule has 0 radical (unpaired) electrons. The van der Waals surface area contributed by atoms with Crippen LogP contribution in [0.1, 0.15) is 13.3 Å². The van der Waals surface area contributed by atoms with Gasteiger partial charge in [-0.1, -0.05) is 13.0 Å². The molecule has 1 aromatic carbocycles. The van der Waals surface area contributed by atoms with Crippen LogP contribution in [0, 0.1) is 17.6 Å². The van der Waals surface area contributed by atoms with Crippen molar-refractivity contribution in [3.63, 3.8) is 0 Å². The zero-order valence-corrected chi connectivity index (χ0v) is 11.2. The van der Waals surface area contributed by atoms with Crippen LogP contribution in [0.3, 0.4) is 0 Å². The van der Waals surface area contributed by atoms with Crippen molar-refractivity contribution >= 4 is 10.0 Å². The van der Waals surface area contributed by atoms with Gasteiger partial charge in [0.1, 0.15) is 11.6 Å². The molecule has 0 bridgehead atoms. The summed E-state index contributed by atoms with van der Waals surface area (Å²) in [4.78, 5) is -0.942. The Morgan fingerprint density at radius 3 is 2.47 bits per heavy atom. The Hall–Kier alpha value is -1.05. The van der Waals surface area contributed by atoms with Gasteiger partial charge in [0, 0.05) is 6.54 Å². The van der Waals surface area contributed by atoms with Crippen molar-refractivity contribution in [2.75, 3.05) is 13.2 Å². The van der Waals surface area contributed by atoms with Gasteiger partial charge in [0.15, 0.2) is 4.90 Å². The predicted octanol–water partition coefficient (Wildman–Crippen LogP) is 1.36. The molecule has 0 aromatic heterocycles. The Kier molecular flexibility index (Phi) is 3.89. The molecule has 1 fully saturated rings. The van der Waals surface area contributed by atoms with E-state index in [4.69, 9.17) is 0 Å². The van der Waals surface area contributed by atoms with Crippen molar-refractivity contribution in [2.45, 2.75) is 24.3 Å². The molecule has 7 heteroatoms. The number of aliphatic hydroxyl groups is 1.